The monoisotopic (exact) mass is 202 g/mol. The lowest BCUT2D eigenvalue weighted by atomic mass is 9.93. The van der Waals surface area contributed by atoms with Crippen LogP contribution in [0.25, 0.3) is 0 Å². The average Bonchev–Trinajstić information content (AvgIpc) is 1.81. The largest absolute Gasteiger partial charge is 0.162 e. The fourth-order valence-electron chi connectivity index (χ4n) is 0.859. The minimum absolute atomic E-state index is 0.509. The van der Waals surface area contributed by atoms with Crippen LogP contribution < -0.4 is 0 Å². The molecule has 0 aromatic carbocycles. The number of hydrogen-bond donors (Lipinski definition) is 0. The molecule has 0 rings (SSSR count). The van der Waals surface area contributed by atoms with Crippen molar-refractivity contribution in [3.8, 4) is 0 Å². The predicted octanol–water partition coefficient (Wildman–Crippen LogP) is 4.59. The van der Waals surface area contributed by atoms with E-state index in [2.05, 4.69) is 53.3 Å². The third kappa shape index (κ3) is 12.4. The third-order valence-electron chi connectivity index (χ3n) is 1.99. The summed E-state index contributed by atoms with van der Waals surface area (Å²) >= 11 is 2.11. The lowest BCUT2D eigenvalue weighted by Gasteiger charge is -2.19. The second kappa shape index (κ2) is 5.29. The highest BCUT2D eigenvalue weighted by Gasteiger charge is 2.11. The molecule has 13 heavy (non-hydrogen) atoms. The SMILES string of the molecule is CC(C)(C)CCSCCC(C)(C)C. The van der Waals surface area contributed by atoms with Crippen LogP contribution in [0.1, 0.15) is 54.4 Å². The van der Waals surface area contributed by atoms with Gasteiger partial charge in [-0.3, -0.25) is 0 Å². The van der Waals surface area contributed by atoms with Gasteiger partial charge in [0.15, 0.2) is 0 Å². The summed E-state index contributed by atoms with van der Waals surface area (Å²) in [4.78, 5) is 0. The molecule has 0 bridgehead atoms. The Morgan fingerprint density at radius 2 is 1.00 bits per heavy atom. The average molecular weight is 202 g/mol. The highest BCUT2D eigenvalue weighted by Crippen LogP contribution is 2.25. The highest BCUT2D eigenvalue weighted by atomic mass is 32.2. The fraction of sp³-hybridized carbons (Fsp3) is 1.00. The van der Waals surface area contributed by atoms with Gasteiger partial charge >= 0.3 is 0 Å². The Balaban J connectivity index is 3.28. The molecule has 0 nitrogen and oxygen atoms in total. The quantitative estimate of drug-likeness (QED) is 0.601. The summed E-state index contributed by atoms with van der Waals surface area (Å²) in [6.07, 6.45) is 2.67. The topological polar surface area (TPSA) is 0 Å². The molecule has 0 aliphatic carbocycles. The number of thioether (sulfide) groups is 1. The molecule has 0 aliphatic rings. The van der Waals surface area contributed by atoms with Crippen LogP contribution >= 0.6 is 11.8 Å². The maximum absolute atomic E-state index is 2.32. The molecule has 0 saturated carbocycles. The van der Waals surface area contributed by atoms with Gasteiger partial charge in [0.2, 0.25) is 0 Å². The van der Waals surface area contributed by atoms with Crippen molar-refractivity contribution in [1.29, 1.82) is 0 Å². The second-order valence-corrected chi connectivity index (χ2v) is 7.46. The minimum Gasteiger partial charge on any atom is -0.162 e. The molecule has 0 spiro atoms. The van der Waals surface area contributed by atoms with E-state index in [1.54, 1.807) is 0 Å². The van der Waals surface area contributed by atoms with Gasteiger partial charge < -0.3 is 0 Å². The molecule has 0 saturated heterocycles. The Morgan fingerprint density at radius 1 is 0.692 bits per heavy atom. The lowest BCUT2D eigenvalue weighted by molar-refractivity contribution is 0.397. The molecule has 0 unspecified atom stereocenters. The Kier molecular flexibility index (Phi) is 5.43. The van der Waals surface area contributed by atoms with E-state index >= 15 is 0 Å². The maximum atomic E-state index is 2.32. The Labute approximate surface area is 88.9 Å². The third-order valence-corrected chi connectivity index (χ3v) is 2.98. The molecule has 1 heteroatoms. The molecule has 0 fully saturated rings. The predicted molar refractivity (Wildman–Crippen MR) is 65.5 cm³/mol. The van der Waals surface area contributed by atoms with Crippen LogP contribution in [0.5, 0.6) is 0 Å². The van der Waals surface area contributed by atoms with E-state index in [4.69, 9.17) is 0 Å². The summed E-state index contributed by atoms with van der Waals surface area (Å²) in [7, 11) is 0. The van der Waals surface area contributed by atoms with E-state index in [0.29, 0.717) is 10.8 Å². The molecule has 0 radical (unpaired) electrons. The van der Waals surface area contributed by atoms with Gasteiger partial charge in [-0.2, -0.15) is 11.8 Å². The van der Waals surface area contributed by atoms with Crippen molar-refractivity contribution < 1.29 is 0 Å². The van der Waals surface area contributed by atoms with Crippen LogP contribution in [0, 0.1) is 10.8 Å². The van der Waals surface area contributed by atoms with Gasteiger partial charge in [-0.1, -0.05) is 41.5 Å². The van der Waals surface area contributed by atoms with Crippen molar-refractivity contribution in [3.63, 3.8) is 0 Å². The Bertz CT molecular complexity index is 109. The summed E-state index contributed by atoms with van der Waals surface area (Å²) in [5, 5.41) is 0. The highest BCUT2D eigenvalue weighted by molar-refractivity contribution is 7.99. The Morgan fingerprint density at radius 3 is 1.23 bits per heavy atom. The smallest absolute Gasteiger partial charge is 0.00626 e. The zero-order valence-corrected chi connectivity index (χ0v) is 11.1. The van der Waals surface area contributed by atoms with Crippen molar-refractivity contribution in [3.05, 3.63) is 0 Å². The molecule has 0 aromatic heterocycles. The van der Waals surface area contributed by atoms with Gasteiger partial charge in [0, 0.05) is 0 Å². The minimum atomic E-state index is 0.509. The first kappa shape index (κ1) is 13.4. The lowest BCUT2D eigenvalue weighted by Crippen LogP contribution is -2.08. The summed E-state index contributed by atoms with van der Waals surface area (Å²) in [6.45, 7) is 13.9. The van der Waals surface area contributed by atoms with E-state index in [-0.39, 0.29) is 0 Å². The van der Waals surface area contributed by atoms with E-state index in [1.165, 1.54) is 24.3 Å². The van der Waals surface area contributed by atoms with E-state index < -0.39 is 0 Å². The molecule has 0 N–H and O–H groups in total. The summed E-state index contributed by atoms with van der Waals surface area (Å²) in [6, 6.07) is 0. The van der Waals surface area contributed by atoms with Crippen LogP contribution in [0.3, 0.4) is 0 Å². The van der Waals surface area contributed by atoms with Gasteiger partial charge in [-0.15, -0.1) is 0 Å². The van der Waals surface area contributed by atoms with Crippen LogP contribution in [-0.4, -0.2) is 11.5 Å². The van der Waals surface area contributed by atoms with Crippen LogP contribution in [-0.2, 0) is 0 Å². The zero-order chi connectivity index (χ0) is 10.5. The van der Waals surface area contributed by atoms with Crippen LogP contribution in [0.2, 0.25) is 0 Å². The Hall–Kier alpha value is 0.350. The van der Waals surface area contributed by atoms with Gasteiger partial charge in [-0.05, 0) is 35.2 Å². The van der Waals surface area contributed by atoms with Gasteiger partial charge in [0.05, 0.1) is 0 Å². The molecular formula is C12H26S. The first-order valence-electron chi connectivity index (χ1n) is 5.28. The summed E-state index contributed by atoms with van der Waals surface area (Å²) < 4.78 is 0. The molecule has 0 amide bonds. The van der Waals surface area contributed by atoms with E-state index in [1.807, 2.05) is 0 Å². The van der Waals surface area contributed by atoms with Crippen molar-refractivity contribution in [2.75, 3.05) is 11.5 Å². The molecule has 80 valence electrons. The van der Waals surface area contributed by atoms with Crippen molar-refractivity contribution in [2.45, 2.75) is 54.4 Å². The van der Waals surface area contributed by atoms with Crippen molar-refractivity contribution in [1.82, 2.24) is 0 Å². The number of hydrogen-bond acceptors (Lipinski definition) is 1. The van der Waals surface area contributed by atoms with Crippen molar-refractivity contribution in [2.24, 2.45) is 10.8 Å². The normalized spacial score (nSPS) is 13.4. The first-order chi connectivity index (χ1) is 5.71. The molecule has 0 aliphatic heterocycles. The molecule has 0 heterocycles. The van der Waals surface area contributed by atoms with E-state index in [0.717, 1.165) is 0 Å². The van der Waals surface area contributed by atoms with E-state index in [9.17, 15) is 0 Å². The van der Waals surface area contributed by atoms with Crippen LogP contribution in [0.4, 0.5) is 0 Å². The van der Waals surface area contributed by atoms with Gasteiger partial charge in [-0.25, -0.2) is 0 Å². The van der Waals surface area contributed by atoms with Gasteiger partial charge in [0.1, 0.15) is 0 Å². The van der Waals surface area contributed by atoms with Crippen LogP contribution in [0.15, 0.2) is 0 Å². The summed E-state index contributed by atoms with van der Waals surface area (Å²) in [5.41, 5.74) is 1.02. The molecule has 0 aromatic rings. The standard InChI is InChI=1S/C12H26S/c1-11(2,3)7-9-13-10-8-12(4,5)6/h7-10H2,1-6H3. The first-order valence-corrected chi connectivity index (χ1v) is 6.44. The summed E-state index contributed by atoms with van der Waals surface area (Å²) in [5.74, 6) is 2.64. The number of rotatable bonds is 4. The van der Waals surface area contributed by atoms with Gasteiger partial charge in [0.25, 0.3) is 0 Å². The second-order valence-electron chi connectivity index (χ2n) is 6.23. The maximum Gasteiger partial charge on any atom is -0.00626 e. The molecule has 0 atom stereocenters. The fourth-order valence-corrected chi connectivity index (χ4v) is 2.58. The molecular weight excluding hydrogens is 176 g/mol. The van der Waals surface area contributed by atoms with Crippen molar-refractivity contribution >= 4 is 11.8 Å². The zero-order valence-electron chi connectivity index (χ0n) is 10.2.